The lowest BCUT2D eigenvalue weighted by Crippen LogP contribution is -2.11. The van der Waals surface area contributed by atoms with E-state index in [1.165, 1.54) is 13.3 Å². The highest BCUT2D eigenvalue weighted by Gasteiger charge is 2.12. The molecular weight excluding hydrogens is 274 g/mol. The molecule has 0 unspecified atom stereocenters. The van der Waals surface area contributed by atoms with Crippen LogP contribution in [0.25, 0.3) is 10.8 Å². The largest absolute Gasteiger partial charge is 0.465 e. The molecule has 0 fully saturated rings. The fraction of sp³-hybridized carbons (Fsp3) is 0.0909. The molecule has 0 aliphatic rings. The van der Waals surface area contributed by atoms with Gasteiger partial charge in [0.15, 0.2) is 0 Å². The second kappa shape index (κ2) is 4.09. The average Bonchev–Trinajstić information content (AvgIpc) is 2.28. The van der Waals surface area contributed by atoms with Crippen LogP contribution in [-0.4, -0.2) is 18.1 Å². The van der Waals surface area contributed by atoms with Crippen molar-refractivity contribution in [3.8, 4) is 0 Å². The summed E-state index contributed by atoms with van der Waals surface area (Å²) in [6, 6.07) is 5.13. The van der Waals surface area contributed by atoms with E-state index < -0.39 is 5.97 Å². The van der Waals surface area contributed by atoms with Crippen molar-refractivity contribution in [2.45, 2.75) is 0 Å². The molecular formula is C11H8BrNO3. The molecule has 0 spiro atoms. The molecule has 1 N–H and O–H groups in total. The van der Waals surface area contributed by atoms with E-state index in [2.05, 4.69) is 25.7 Å². The predicted octanol–water partition coefficient (Wildman–Crippen LogP) is 2.08. The highest BCUT2D eigenvalue weighted by atomic mass is 79.9. The molecule has 0 saturated heterocycles. The van der Waals surface area contributed by atoms with Crippen molar-refractivity contribution in [1.82, 2.24) is 4.98 Å². The molecule has 82 valence electrons. The lowest BCUT2D eigenvalue weighted by atomic mass is 10.1. The fourth-order valence-corrected chi connectivity index (χ4v) is 1.87. The zero-order chi connectivity index (χ0) is 11.7. The minimum Gasteiger partial charge on any atom is -0.465 e. The van der Waals surface area contributed by atoms with Gasteiger partial charge in [-0.3, -0.25) is 4.79 Å². The third-order valence-corrected chi connectivity index (χ3v) is 2.76. The normalized spacial score (nSPS) is 10.4. The SMILES string of the molecule is COC(=O)c1c[nH]c(=O)c2ccc(Br)cc12. The molecule has 16 heavy (non-hydrogen) atoms. The van der Waals surface area contributed by atoms with Gasteiger partial charge >= 0.3 is 5.97 Å². The summed E-state index contributed by atoms with van der Waals surface area (Å²) in [6.07, 6.45) is 1.36. The van der Waals surface area contributed by atoms with Gasteiger partial charge in [-0.25, -0.2) is 4.79 Å². The molecule has 0 aliphatic carbocycles. The first-order valence-corrected chi connectivity index (χ1v) is 5.32. The van der Waals surface area contributed by atoms with Crippen LogP contribution in [0.1, 0.15) is 10.4 Å². The number of carbonyl (C=O) groups excluding carboxylic acids is 1. The summed E-state index contributed by atoms with van der Waals surface area (Å²) in [5, 5.41) is 1.04. The van der Waals surface area contributed by atoms with Crippen LogP contribution in [0.3, 0.4) is 0 Å². The number of aromatic amines is 1. The third kappa shape index (κ3) is 1.74. The summed E-state index contributed by atoms with van der Waals surface area (Å²) in [5.74, 6) is -0.473. The van der Waals surface area contributed by atoms with E-state index in [0.29, 0.717) is 16.3 Å². The molecule has 2 rings (SSSR count). The van der Waals surface area contributed by atoms with Crippen LogP contribution in [0.2, 0.25) is 0 Å². The van der Waals surface area contributed by atoms with Crippen molar-refractivity contribution < 1.29 is 9.53 Å². The standard InChI is InChI=1S/C11H8BrNO3/c1-16-11(15)9-5-13-10(14)7-3-2-6(12)4-8(7)9/h2-5H,1H3,(H,13,14). The van der Waals surface area contributed by atoms with Crippen molar-refractivity contribution in [3.63, 3.8) is 0 Å². The number of hydrogen-bond acceptors (Lipinski definition) is 3. The Morgan fingerprint density at radius 2 is 2.12 bits per heavy atom. The Labute approximate surface area is 99.4 Å². The highest BCUT2D eigenvalue weighted by Crippen LogP contribution is 2.20. The van der Waals surface area contributed by atoms with Crippen molar-refractivity contribution in [2.75, 3.05) is 7.11 Å². The van der Waals surface area contributed by atoms with E-state index in [4.69, 9.17) is 0 Å². The smallest absolute Gasteiger partial charge is 0.339 e. The molecule has 0 radical (unpaired) electrons. The minimum atomic E-state index is -0.473. The number of H-pyrrole nitrogens is 1. The lowest BCUT2D eigenvalue weighted by Gasteiger charge is -2.04. The van der Waals surface area contributed by atoms with Gasteiger partial charge in [-0.15, -0.1) is 0 Å². The van der Waals surface area contributed by atoms with E-state index >= 15 is 0 Å². The number of ether oxygens (including phenoxy) is 1. The lowest BCUT2D eigenvalue weighted by molar-refractivity contribution is 0.0602. The summed E-state index contributed by atoms with van der Waals surface area (Å²) >= 11 is 3.30. The number of fused-ring (bicyclic) bond motifs is 1. The van der Waals surface area contributed by atoms with Gasteiger partial charge < -0.3 is 9.72 Å². The number of pyridine rings is 1. The van der Waals surface area contributed by atoms with Gasteiger partial charge in [0.05, 0.1) is 12.7 Å². The third-order valence-electron chi connectivity index (χ3n) is 2.27. The fourth-order valence-electron chi connectivity index (χ4n) is 1.51. The maximum absolute atomic E-state index is 11.5. The van der Waals surface area contributed by atoms with Crippen LogP contribution >= 0.6 is 15.9 Å². The number of carbonyl (C=O) groups is 1. The number of rotatable bonds is 1. The Kier molecular flexibility index (Phi) is 2.78. The number of aromatic nitrogens is 1. The molecule has 0 atom stereocenters. The van der Waals surface area contributed by atoms with Gasteiger partial charge in [-0.1, -0.05) is 15.9 Å². The maximum Gasteiger partial charge on any atom is 0.339 e. The van der Waals surface area contributed by atoms with Crippen molar-refractivity contribution in [1.29, 1.82) is 0 Å². The van der Waals surface area contributed by atoms with Gasteiger partial charge in [0.1, 0.15) is 0 Å². The quantitative estimate of drug-likeness (QED) is 0.815. The van der Waals surface area contributed by atoms with Crippen molar-refractivity contribution >= 4 is 32.7 Å². The number of hydrogen-bond donors (Lipinski definition) is 1. The molecule has 5 heteroatoms. The first-order chi connectivity index (χ1) is 7.63. The van der Waals surface area contributed by atoms with Gasteiger partial charge in [0, 0.05) is 21.4 Å². The first-order valence-electron chi connectivity index (χ1n) is 4.52. The van der Waals surface area contributed by atoms with Crippen LogP contribution in [-0.2, 0) is 4.74 Å². The second-order valence-electron chi connectivity index (χ2n) is 3.21. The minimum absolute atomic E-state index is 0.227. The zero-order valence-corrected chi connectivity index (χ0v) is 10.00. The Hall–Kier alpha value is -1.62. The Morgan fingerprint density at radius 3 is 2.81 bits per heavy atom. The number of benzene rings is 1. The molecule has 1 aromatic heterocycles. The maximum atomic E-state index is 11.5. The van der Waals surface area contributed by atoms with E-state index in [0.717, 1.165) is 4.47 Å². The van der Waals surface area contributed by atoms with Crippen LogP contribution in [0, 0.1) is 0 Å². The summed E-state index contributed by atoms with van der Waals surface area (Å²) in [4.78, 5) is 25.5. The number of halogens is 1. The monoisotopic (exact) mass is 281 g/mol. The number of methoxy groups -OCH3 is 1. The summed E-state index contributed by atoms with van der Waals surface area (Å²) in [7, 11) is 1.30. The number of nitrogens with one attached hydrogen (secondary N) is 1. The molecule has 0 aliphatic heterocycles. The summed E-state index contributed by atoms with van der Waals surface area (Å²) in [5.41, 5.74) is 0.119. The van der Waals surface area contributed by atoms with Crippen LogP contribution in [0.4, 0.5) is 0 Å². The molecule has 2 aromatic rings. The van der Waals surface area contributed by atoms with Crippen LogP contribution in [0.15, 0.2) is 33.7 Å². The van der Waals surface area contributed by atoms with Crippen molar-refractivity contribution in [3.05, 3.63) is 44.8 Å². The molecule has 0 amide bonds. The van der Waals surface area contributed by atoms with E-state index in [1.807, 2.05) is 0 Å². The molecule has 0 saturated carbocycles. The van der Waals surface area contributed by atoms with E-state index in [9.17, 15) is 9.59 Å². The Balaban J connectivity index is 2.86. The van der Waals surface area contributed by atoms with Gasteiger partial charge in [-0.2, -0.15) is 0 Å². The van der Waals surface area contributed by atoms with Gasteiger partial charge in [0.25, 0.3) is 5.56 Å². The van der Waals surface area contributed by atoms with E-state index in [1.54, 1.807) is 18.2 Å². The molecule has 0 bridgehead atoms. The first kappa shape index (κ1) is 10.9. The van der Waals surface area contributed by atoms with Crippen LogP contribution < -0.4 is 5.56 Å². The highest BCUT2D eigenvalue weighted by molar-refractivity contribution is 9.10. The predicted molar refractivity (Wildman–Crippen MR) is 63.6 cm³/mol. The summed E-state index contributed by atoms with van der Waals surface area (Å²) in [6.45, 7) is 0. The van der Waals surface area contributed by atoms with Crippen LogP contribution in [0.5, 0.6) is 0 Å². The Morgan fingerprint density at radius 1 is 1.38 bits per heavy atom. The van der Waals surface area contributed by atoms with E-state index in [-0.39, 0.29) is 5.56 Å². The molecule has 1 heterocycles. The number of esters is 1. The van der Waals surface area contributed by atoms with Crippen molar-refractivity contribution in [2.24, 2.45) is 0 Å². The summed E-state index contributed by atoms with van der Waals surface area (Å²) < 4.78 is 5.45. The molecule has 1 aromatic carbocycles. The average molecular weight is 282 g/mol. The van der Waals surface area contributed by atoms with Gasteiger partial charge in [-0.05, 0) is 18.2 Å². The molecule has 4 nitrogen and oxygen atoms in total. The topological polar surface area (TPSA) is 59.2 Å². The van der Waals surface area contributed by atoms with Gasteiger partial charge in [0.2, 0.25) is 0 Å². The Bertz CT molecular complexity index is 618. The zero-order valence-electron chi connectivity index (χ0n) is 8.41. The second-order valence-corrected chi connectivity index (χ2v) is 4.13.